The highest BCUT2D eigenvalue weighted by Gasteiger charge is 2.09. The first-order valence-electron chi connectivity index (χ1n) is 6.84. The van der Waals surface area contributed by atoms with Crippen molar-refractivity contribution in [2.24, 2.45) is 7.05 Å². The molecular weight excluding hydrogens is 242 g/mol. The molecular formula is C12H22N7+. The van der Waals surface area contributed by atoms with Crippen molar-refractivity contribution in [3.05, 3.63) is 6.33 Å². The van der Waals surface area contributed by atoms with E-state index >= 15 is 0 Å². The highest BCUT2D eigenvalue weighted by Crippen LogP contribution is 2.14. The summed E-state index contributed by atoms with van der Waals surface area (Å²) in [5, 5.41) is 11.4. The molecule has 0 unspecified atom stereocenters. The van der Waals surface area contributed by atoms with E-state index in [1.54, 1.807) is 15.9 Å². The normalized spacial score (nSPS) is 11.4. The summed E-state index contributed by atoms with van der Waals surface area (Å²) in [5.41, 5.74) is 1.49. The first kappa shape index (κ1) is 13.7. The Hall–Kier alpha value is -1.76. The zero-order chi connectivity index (χ0) is 13.7. The minimum atomic E-state index is 0.736. The summed E-state index contributed by atoms with van der Waals surface area (Å²) in [6, 6.07) is 0. The van der Waals surface area contributed by atoms with Gasteiger partial charge in [-0.1, -0.05) is 5.21 Å². The fraction of sp³-hybridized carbons (Fsp3) is 0.667. The van der Waals surface area contributed by atoms with Crippen LogP contribution in [0.2, 0.25) is 0 Å². The van der Waals surface area contributed by atoms with Crippen LogP contribution in [0.15, 0.2) is 6.33 Å². The Morgan fingerprint density at radius 2 is 2.05 bits per heavy atom. The van der Waals surface area contributed by atoms with Gasteiger partial charge < -0.3 is 10.2 Å². The van der Waals surface area contributed by atoms with Gasteiger partial charge in [0.1, 0.15) is 6.33 Å². The molecule has 7 nitrogen and oxygen atoms in total. The van der Waals surface area contributed by atoms with E-state index < -0.39 is 0 Å². The maximum atomic E-state index is 4.23. The molecule has 7 heteroatoms. The third kappa shape index (κ3) is 3.17. The van der Waals surface area contributed by atoms with E-state index in [-0.39, 0.29) is 0 Å². The molecule has 104 valence electrons. The molecule has 2 aromatic rings. The highest BCUT2D eigenvalue weighted by atomic mass is 15.4. The number of anilines is 1. The van der Waals surface area contributed by atoms with Crippen LogP contribution in [-0.2, 0) is 7.05 Å². The van der Waals surface area contributed by atoms with Crippen molar-refractivity contribution in [1.82, 2.24) is 25.0 Å². The number of fused-ring (bicyclic) bond motifs is 1. The number of nitrogens with zero attached hydrogens (tertiary/aromatic N) is 5. The average molecular weight is 264 g/mol. The van der Waals surface area contributed by atoms with Gasteiger partial charge in [0, 0.05) is 20.0 Å². The number of nitrogens with one attached hydrogen (secondary N) is 2. The second-order valence-electron chi connectivity index (χ2n) is 4.59. The summed E-state index contributed by atoms with van der Waals surface area (Å²) in [4.78, 5) is 10.0. The van der Waals surface area contributed by atoms with Crippen LogP contribution in [-0.4, -0.2) is 51.1 Å². The van der Waals surface area contributed by atoms with E-state index in [1.165, 1.54) is 19.6 Å². The number of hydrogen-bond acceptors (Lipinski definition) is 5. The molecule has 0 aliphatic carbocycles. The van der Waals surface area contributed by atoms with Crippen LogP contribution in [0.1, 0.15) is 20.3 Å². The second-order valence-corrected chi connectivity index (χ2v) is 4.59. The van der Waals surface area contributed by atoms with Gasteiger partial charge in [-0.25, -0.2) is 14.6 Å². The van der Waals surface area contributed by atoms with Gasteiger partial charge in [-0.05, 0) is 13.8 Å². The van der Waals surface area contributed by atoms with Crippen molar-refractivity contribution in [3.8, 4) is 0 Å². The SMILES string of the molecule is CC[NH+](CC)CCCNc1ncnc2c1nnn2C. The largest absolute Gasteiger partial charge is 0.368 e. The quantitative estimate of drug-likeness (QED) is 0.659. The first-order valence-corrected chi connectivity index (χ1v) is 6.84. The third-order valence-electron chi connectivity index (χ3n) is 3.39. The molecule has 0 amide bonds. The lowest BCUT2D eigenvalue weighted by Crippen LogP contribution is -3.11. The van der Waals surface area contributed by atoms with Crippen molar-refractivity contribution in [2.45, 2.75) is 20.3 Å². The minimum absolute atomic E-state index is 0.736. The average Bonchev–Trinajstić information content (AvgIpc) is 2.82. The lowest BCUT2D eigenvalue weighted by atomic mass is 10.3. The lowest BCUT2D eigenvalue weighted by Gasteiger charge is -2.15. The number of rotatable bonds is 7. The van der Waals surface area contributed by atoms with Crippen LogP contribution in [0.3, 0.4) is 0 Å². The summed E-state index contributed by atoms with van der Waals surface area (Å²) in [6.07, 6.45) is 2.66. The topological polar surface area (TPSA) is 73.0 Å². The van der Waals surface area contributed by atoms with E-state index in [4.69, 9.17) is 0 Å². The maximum absolute atomic E-state index is 4.23. The van der Waals surface area contributed by atoms with Crippen molar-refractivity contribution in [2.75, 3.05) is 31.5 Å². The number of quaternary nitrogens is 1. The van der Waals surface area contributed by atoms with Gasteiger partial charge in [0.25, 0.3) is 0 Å². The molecule has 0 saturated carbocycles. The van der Waals surface area contributed by atoms with Crippen LogP contribution in [0.4, 0.5) is 5.82 Å². The molecule has 0 aliphatic rings. The first-order chi connectivity index (χ1) is 9.26. The summed E-state index contributed by atoms with van der Waals surface area (Å²) in [6.45, 7) is 8.87. The fourth-order valence-electron chi connectivity index (χ4n) is 2.13. The number of hydrogen-bond donors (Lipinski definition) is 2. The van der Waals surface area contributed by atoms with E-state index in [2.05, 4.69) is 39.4 Å². The molecule has 2 N–H and O–H groups in total. The van der Waals surface area contributed by atoms with E-state index in [1.807, 2.05) is 7.05 Å². The molecule has 0 atom stereocenters. The molecule has 19 heavy (non-hydrogen) atoms. The van der Waals surface area contributed by atoms with Gasteiger partial charge >= 0.3 is 0 Å². The van der Waals surface area contributed by atoms with Crippen LogP contribution < -0.4 is 10.2 Å². The van der Waals surface area contributed by atoms with Gasteiger partial charge in [-0.2, -0.15) is 0 Å². The summed E-state index contributed by atoms with van der Waals surface area (Å²) in [7, 11) is 1.83. The van der Waals surface area contributed by atoms with Crippen molar-refractivity contribution >= 4 is 17.0 Å². The van der Waals surface area contributed by atoms with Crippen LogP contribution >= 0.6 is 0 Å². The molecule has 0 aliphatic heterocycles. The van der Waals surface area contributed by atoms with E-state index in [0.717, 1.165) is 29.9 Å². The molecule has 0 saturated heterocycles. The lowest BCUT2D eigenvalue weighted by molar-refractivity contribution is -0.896. The maximum Gasteiger partial charge on any atom is 0.183 e. The Kier molecular flexibility index (Phi) is 4.62. The monoisotopic (exact) mass is 264 g/mol. The molecule has 0 bridgehead atoms. The Bertz CT molecular complexity index is 518. The molecule has 0 radical (unpaired) electrons. The van der Waals surface area contributed by atoms with Crippen LogP contribution in [0.25, 0.3) is 11.2 Å². The van der Waals surface area contributed by atoms with Gasteiger partial charge in [0.05, 0.1) is 19.6 Å². The summed E-state index contributed by atoms with van der Waals surface area (Å²) < 4.78 is 1.66. The van der Waals surface area contributed by atoms with Gasteiger partial charge in [0.15, 0.2) is 17.0 Å². The molecule has 0 aromatic carbocycles. The molecule has 2 rings (SSSR count). The highest BCUT2D eigenvalue weighted by molar-refractivity contribution is 5.81. The summed E-state index contributed by atoms with van der Waals surface area (Å²) in [5.74, 6) is 0.771. The third-order valence-corrected chi connectivity index (χ3v) is 3.39. The second kappa shape index (κ2) is 6.42. The Morgan fingerprint density at radius 1 is 1.26 bits per heavy atom. The van der Waals surface area contributed by atoms with Crippen LogP contribution in [0.5, 0.6) is 0 Å². The Balaban J connectivity index is 1.91. The smallest absolute Gasteiger partial charge is 0.183 e. The fourth-order valence-corrected chi connectivity index (χ4v) is 2.13. The van der Waals surface area contributed by atoms with Gasteiger partial charge in [-0.15, -0.1) is 5.10 Å². The molecule has 2 aromatic heterocycles. The van der Waals surface area contributed by atoms with Crippen molar-refractivity contribution < 1.29 is 4.90 Å². The summed E-state index contributed by atoms with van der Waals surface area (Å²) >= 11 is 0. The van der Waals surface area contributed by atoms with Gasteiger partial charge in [0.2, 0.25) is 0 Å². The molecule has 2 heterocycles. The molecule has 0 spiro atoms. The van der Waals surface area contributed by atoms with Crippen LogP contribution in [0, 0.1) is 0 Å². The van der Waals surface area contributed by atoms with Crippen molar-refractivity contribution in [1.29, 1.82) is 0 Å². The Morgan fingerprint density at radius 3 is 2.79 bits per heavy atom. The molecule has 0 fully saturated rings. The van der Waals surface area contributed by atoms with E-state index in [9.17, 15) is 0 Å². The zero-order valence-electron chi connectivity index (χ0n) is 11.8. The predicted octanol–water partition coefficient (Wildman–Crippen LogP) is -0.515. The minimum Gasteiger partial charge on any atom is -0.368 e. The van der Waals surface area contributed by atoms with E-state index in [0.29, 0.717) is 0 Å². The van der Waals surface area contributed by atoms with Crippen molar-refractivity contribution in [3.63, 3.8) is 0 Å². The number of aromatic nitrogens is 5. The Labute approximate surface area is 113 Å². The zero-order valence-corrected chi connectivity index (χ0v) is 11.8. The standard InChI is InChI=1S/C12H21N7/c1-4-19(5-2)8-6-7-13-11-10-12(15-9-14-11)18(3)17-16-10/h9H,4-8H2,1-3H3,(H,13,14,15)/p+1. The van der Waals surface area contributed by atoms with Gasteiger partial charge in [-0.3, -0.25) is 0 Å². The number of aryl methyl sites for hydroxylation is 1. The predicted molar refractivity (Wildman–Crippen MR) is 74.1 cm³/mol.